The Morgan fingerprint density at radius 2 is 2.00 bits per heavy atom. The topological polar surface area (TPSA) is 67.9 Å². The fourth-order valence-electron chi connectivity index (χ4n) is 2.79. The van der Waals surface area contributed by atoms with Gasteiger partial charge in [-0.1, -0.05) is 18.2 Å². The van der Waals surface area contributed by atoms with Crippen molar-refractivity contribution in [2.45, 2.75) is 13.5 Å². The Morgan fingerprint density at radius 3 is 2.68 bits per heavy atom. The van der Waals surface area contributed by atoms with Gasteiger partial charge in [0.25, 0.3) is 5.91 Å². The lowest BCUT2D eigenvalue weighted by atomic mass is 10.1. The number of carbonyl (C=O) groups is 2. The molecule has 1 aliphatic heterocycles. The molecule has 0 aromatic heterocycles. The minimum absolute atomic E-state index is 0.0967. The van der Waals surface area contributed by atoms with Crippen LogP contribution in [0.25, 0.3) is 6.08 Å². The molecule has 3 rings (SSSR count). The largest absolute Gasteiger partial charge is 0.493 e. The van der Waals surface area contributed by atoms with E-state index >= 15 is 0 Å². The van der Waals surface area contributed by atoms with Crippen molar-refractivity contribution in [2.24, 2.45) is 0 Å². The Hall–Kier alpha value is -2.87. The van der Waals surface area contributed by atoms with E-state index < -0.39 is 17.8 Å². The standard InChI is InChI=1S/C20H18BrFN2O4/c1-3-28-18-14(21)8-12(10-17(18)27-2)9-16-19(25)24(20(26)23-16)11-13-6-4-5-7-15(13)22/h4-10H,3,11H2,1-2H3,(H,23,26)/b16-9+. The Balaban J connectivity index is 1.87. The van der Waals surface area contributed by atoms with Crippen molar-refractivity contribution in [2.75, 3.05) is 13.7 Å². The van der Waals surface area contributed by atoms with Crippen LogP contribution in [-0.2, 0) is 11.3 Å². The molecule has 0 saturated carbocycles. The van der Waals surface area contributed by atoms with E-state index in [1.165, 1.54) is 25.3 Å². The zero-order valence-electron chi connectivity index (χ0n) is 15.3. The fourth-order valence-corrected chi connectivity index (χ4v) is 3.36. The molecule has 1 heterocycles. The van der Waals surface area contributed by atoms with Gasteiger partial charge < -0.3 is 14.8 Å². The van der Waals surface area contributed by atoms with Crippen LogP contribution < -0.4 is 14.8 Å². The van der Waals surface area contributed by atoms with Gasteiger partial charge in [-0.2, -0.15) is 0 Å². The Kier molecular flexibility index (Phi) is 5.99. The molecule has 0 radical (unpaired) electrons. The highest BCUT2D eigenvalue weighted by molar-refractivity contribution is 9.10. The van der Waals surface area contributed by atoms with Crippen molar-refractivity contribution in [3.63, 3.8) is 0 Å². The maximum atomic E-state index is 13.9. The summed E-state index contributed by atoms with van der Waals surface area (Å²) in [5.74, 6) is 0.0381. The normalized spacial score (nSPS) is 15.1. The van der Waals surface area contributed by atoms with E-state index in [2.05, 4.69) is 21.2 Å². The van der Waals surface area contributed by atoms with E-state index in [0.717, 1.165) is 4.90 Å². The number of ether oxygens (including phenoxy) is 2. The molecule has 0 atom stereocenters. The van der Waals surface area contributed by atoms with E-state index in [1.807, 2.05) is 6.92 Å². The zero-order chi connectivity index (χ0) is 20.3. The van der Waals surface area contributed by atoms with Crippen molar-refractivity contribution < 1.29 is 23.5 Å². The second-order valence-corrected chi connectivity index (χ2v) is 6.79. The predicted molar refractivity (Wildman–Crippen MR) is 105 cm³/mol. The number of imide groups is 1. The van der Waals surface area contributed by atoms with Gasteiger partial charge in [-0.25, -0.2) is 9.18 Å². The summed E-state index contributed by atoms with van der Waals surface area (Å²) in [6.07, 6.45) is 1.53. The highest BCUT2D eigenvalue weighted by Gasteiger charge is 2.34. The molecular weight excluding hydrogens is 431 g/mol. The summed E-state index contributed by atoms with van der Waals surface area (Å²) in [6, 6.07) is 8.86. The van der Waals surface area contributed by atoms with Crippen LogP contribution >= 0.6 is 15.9 Å². The summed E-state index contributed by atoms with van der Waals surface area (Å²) in [4.78, 5) is 25.8. The molecule has 0 aliphatic carbocycles. The first kappa shape index (κ1) is 19.9. The molecule has 3 amide bonds. The third-order valence-electron chi connectivity index (χ3n) is 4.10. The molecule has 2 aromatic carbocycles. The van der Waals surface area contributed by atoms with Gasteiger partial charge in [0, 0.05) is 5.56 Å². The van der Waals surface area contributed by atoms with Gasteiger partial charge in [0.05, 0.1) is 24.7 Å². The monoisotopic (exact) mass is 448 g/mol. The van der Waals surface area contributed by atoms with Crippen LogP contribution in [0.4, 0.5) is 9.18 Å². The first-order valence-corrected chi connectivity index (χ1v) is 9.32. The average Bonchev–Trinajstić information content (AvgIpc) is 2.92. The van der Waals surface area contributed by atoms with E-state index in [1.54, 1.807) is 24.3 Å². The van der Waals surface area contributed by atoms with Gasteiger partial charge in [-0.15, -0.1) is 0 Å². The number of rotatable bonds is 6. The molecule has 2 aromatic rings. The Morgan fingerprint density at radius 1 is 1.25 bits per heavy atom. The van der Waals surface area contributed by atoms with Crippen LogP contribution in [0.5, 0.6) is 11.5 Å². The van der Waals surface area contributed by atoms with Crippen molar-refractivity contribution in [1.29, 1.82) is 0 Å². The Bertz CT molecular complexity index is 961. The quantitative estimate of drug-likeness (QED) is 0.533. The van der Waals surface area contributed by atoms with Gasteiger partial charge in [-0.05, 0) is 52.7 Å². The second-order valence-electron chi connectivity index (χ2n) is 5.94. The zero-order valence-corrected chi connectivity index (χ0v) is 16.9. The Labute approximate surface area is 170 Å². The van der Waals surface area contributed by atoms with Crippen LogP contribution in [0.15, 0.2) is 46.6 Å². The number of hydrogen-bond donors (Lipinski definition) is 1. The lowest BCUT2D eigenvalue weighted by Gasteiger charge is -2.13. The number of methoxy groups -OCH3 is 1. The summed E-state index contributed by atoms with van der Waals surface area (Å²) in [7, 11) is 1.51. The smallest absolute Gasteiger partial charge is 0.329 e. The molecule has 1 N–H and O–H groups in total. The molecule has 1 saturated heterocycles. The number of hydrogen-bond acceptors (Lipinski definition) is 4. The summed E-state index contributed by atoms with van der Waals surface area (Å²) < 4.78 is 25.4. The molecule has 28 heavy (non-hydrogen) atoms. The molecular formula is C20H18BrFN2O4. The molecule has 0 unspecified atom stereocenters. The lowest BCUT2D eigenvalue weighted by molar-refractivity contribution is -0.123. The minimum atomic E-state index is -0.600. The lowest BCUT2D eigenvalue weighted by Crippen LogP contribution is -2.30. The van der Waals surface area contributed by atoms with Crippen LogP contribution in [0.3, 0.4) is 0 Å². The summed E-state index contributed by atoms with van der Waals surface area (Å²) in [6.45, 7) is 2.18. The number of carbonyl (C=O) groups excluding carboxylic acids is 2. The highest BCUT2D eigenvalue weighted by atomic mass is 79.9. The minimum Gasteiger partial charge on any atom is -0.493 e. The number of amides is 3. The maximum absolute atomic E-state index is 13.9. The van der Waals surface area contributed by atoms with Gasteiger partial charge >= 0.3 is 6.03 Å². The first-order chi connectivity index (χ1) is 13.4. The van der Waals surface area contributed by atoms with E-state index in [0.29, 0.717) is 28.1 Å². The third kappa shape index (κ3) is 4.01. The second kappa shape index (κ2) is 8.43. The fraction of sp³-hybridized carbons (Fsp3) is 0.200. The molecule has 6 nitrogen and oxygen atoms in total. The SMILES string of the molecule is CCOc1c(Br)cc(/C=C2/NC(=O)N(Cc3ccccc3F)C2=O)cc1OC. The summed E-state index contributed by atoms with van der Waals surface area (Å²) in [5.41, 5.74) is 0.987. The van der Waals surface area contributed by atoms with Crippen molar-refractivity contribution in [3.05, 3.63) is 63.5 Å². The number of urea groups is 1. The predicted octanol–water partition coefficient (Wildman–Crippen LogP) is 4.09. The van der Waals surface area contributed by atoms with Crippen LogP contribution in [0.2, 0.25) is 0 Å². The van der Waals surface area contributed by atoms with Gasteiger partial charge in [-0.3, -0.25) is 9.69 Å². The number of nitrogens with zero attached hydrogens (tertiary/aromatic N) is 1. The number of halogens is 2. The third-order valence-corrected chi connectivity index (χ3v) is 4.69. The van der Waals surface area contributed by atoms with E-state index in [9.17, 15) is 14.0 Å². The van der Waals surface area contributed by atoms with Crippen molar-refractivity contribution >= 4 is 33.9 Å². The summed E-state index contributed by atoms with van der Waals surface area (Å²) >= 11 is 3.42. The van der Waals surface area contributed by atoms with Crippen molar-refractivity contribution in [3.8, 4) is 11.5 Å². The van der Waals surface area contributed by atoms with E-state index in [4.69, 9.17) is 9.47 Å². The van der Waals surface area contributed by atoms with Gasteiger partial charge in [0.2, 0.25) is 0 Å². The number of benzene rings is 2. The van der Waals surface area contributed by atoms with Gasteiger partial charge in [0.15, 0.2) is 11.5 Å². The molecule has 1 aliphatic rings. The average molecular weight is 449 g/mol. The van der Waals surface area contributed by atoms with E-state index in [-0.39, 0.29) is 17.8 Å². The molecule has 0 bridgehead atoms. The first-order valence-electron chi connectivity index (χ1n) is 8.52. The molecule has 146 valence electrons. The van der Waals surface area contributed by atoms with Crippen molar-refractivity contribution in [1.82, 2.24) is 10.2 Å². The molecule has 8 heteroatoms. The van der Waals surface area contributed by atoms with Crippen LogP contribution in [0, 0.1) is 5.82 Å². The molecule has 1 fully saturated rings. The molecule has 0 spiro atoms. The van der Waals surface area contributed by atoms with Crippen LogP contribution in [0.1, 0.15) is 18.1 Å². The van der Waals surface area contributed by atoms with Gasteiger partial charge in [0.1, 0.15) is 11.5 Å². The van der Waals surface area contributed by atoms with Crippen LogP contribution in [-0.4, -0.2) is 30.6 Å². The summed E-state index contributed by atoms with van der Waals surface area (Å²) in [5, 5.41) is 2.53. The maximum Gasteiger partial charge on any atom is 0.329 e. The highest BCUT2D eigenvalue weighted by Crippen LogP contribution is 2.37. The number of nitrogens with one attached hydrogen (secondary N) is 1.